The van der Waals surface area contributed by atoms with E-state index in [0.29, 0.717) is 18.9 Å². The van der Waals surface area contributed by atoms with Crippen molar-refractivity contribution in [2.75, 3.05) is 19.6 Å². The zero-order valence-electron chi connectivity index (χ0n) is 12.2. The van der Waals surface area contributed by atoms with Crippen LogP contribution in [-0.2, 0) is 4.79 Å². The zero-order valence-corrected chi connectivity index (χ0v) is 12.2. The molecular formula is C14H25N3O3. The van der Waals surface area contributed by atoms with Gasteiger partial charge in [-0.1, -0.05) is 19.8 Å². The quantitative estimate of drug-likeness (QED) is 0.826. The van der Waals surface area contributed by atoms with Crippen LogP contribution in [0.3, 0.4) is 0 Å². The Hall–Kier alpha value is -1.30. The molecule has 0 radical (unpaired) electrons. The normalized spacial score (nSPS) is 28.1. The molecule has 6 nitrogen and oxygen atoms in total. The van der Waals surface area contributed by atoms with E-state index in [1.807, 2.05) is 5.01 Å². The van der Waals surface area contributed by atoms with Gasteiger partial charge in [0, 0.05) is 19.6 Å². The van der Waals surface area contributed by atoms with Crippen LogP contribution in [0.4, 0.5) is 4.79 Å². The minimum atomic E-state index is -0.892. The van der Waals surface area contributed by atoms with E-state index in [9.17, 15) is 14.7 Å². The highest BCUT2D eigenvalue weighted by atomic mass is 16.4. The molecule has 2 amide bonds. The van der Waals surface area contributed by atoms with E-state index in [0.717, 1.165) is 38.8 Å². The SMILES string of the molecule is CCC1CCN(C(=O)NN2CCCCC2)C(C(=O)O)C1. The van der Waals surface area contributed by atoms with Crippen molar-refractivity contribution in [3.63, 3.8) is 0 Å². The molecule has 0 aromatic heterocycles. The molecule has 0 spiro atoms. The number of aliphatic carboxylic acids is 1. The minimum Gasteiger partial charge on any atom is -0.480 e. The maximum atomic E-state index is 12.3. The lowest BCUT2D eigenvalue weighted by atomic mass is 9.89. The molecule has 2 fully saturated rings. The molecule has 0 saturated carbocycles. The van der Waals surface area contributed by atoms with Crippen LogP contribution in [0.1, 0.15) is 45.4 Å². The topological polar surface area (TPSA) is 72.9 Å². The van der Waals surface area contributed by atoms with E-state index in [1.54, 1.807) is 0 Å². The number of carboxylic acid groups (broad SMARTS) is 1. The molecule has 114 valence electrons. The Morgan fingerprint density at radius 3 is 2.50 bits per heavy atom. The number of carboxylic acids is 1. The largest absolute Gasteiger partial charge is 0.480 e. The standard InChI is InChI=1S/C14H25N3O3/c1-2-11-6-9-17(12(10-11)13(18)19)14(20)15-16-7-4-3-5-8-16/h11-12H,2-10H2,1H3,(H,15,20)(H,18,19). The Morgan fingerprint density at radius 1 is 1.20 bits per heavy atom. The average molecular weight is 283 g/mol. The van der Waals surface area contributed by atoms with E-state index in [4.69, 9.17) is 0 Å². The number of amides is 2. The van der Waals surface area contributed by atoms with Crippen LogP contribution in [0.25, 0.3) is 0 Å². The Morgan fingerprint density at radius 2 is 1.90 bits per heavy atom. The number of carbonyl (C=O) groups is 2. The summed E-state index contributed by atoms with van der Waals surface area (Å²) in [5.74, 6) is -0.480. The molecule has 20 heavy (non-hydrogen) atoms. The number of nitrogens with zero attached hydrogens (tertiary/aromatic N) is 2. The molecule has 0 aromatic rings. The van der Waals surface area contributed by atoms with Crippen molar-refractivity contribution < 1.29 is 14.7 Å². The number of piperidine rings is 2. The minimum absolute atomic E-state index is 0.256. The molecule has 6 heteroatoms. The number of hydrazine groups is 1. The Labute approximate surface area is 120 Å². The van der Waals surface area contributed by atoms with Crippen LogP contribution in [0.5, 0.6) is 0 Å². The second-order valence-corrected chi connectivity index (χ2v) is 5.81. The Balaban J connectivity index is 1.94. The third-order valence-electron chi connectivity index (χ3n) is 4.44. The van der Waals surface area contributed by atoms with Crippen molar-refractivity contribution in [2.45, 2.75) is 51.5 Å². The lowest BCUT2D eigenvalue weighted by Gasteiger charge is -2.38. The highest BCUT2D eigenvalue weighted by Crippen LogP contribution is 2.25. The van der Waals surface area contributed by atoms with Gasteiger partial charge in [0.1, 0.15) is 6.04 Å². The fraction of sp³-hybridized carbons (Fsp3) is 0.857. The molecule has 2 heterocycles. The van der Waals surface area contributed by atoms with E-state index in [2.05, 4.69) is 12.3 Å². The van der Waals surface area contributed by atoms with Crippen LogP contribution < -0.4 is 5.43 Å². The summed E-state index contributed by atoms with van der Waals surface area (Å²) in [7, 11) is 0. The van der Waals surface area contributed by atoms with Crippen molar-refractivity contribution >= 4 is 12.0 Å². The molecule has 0 aliphatic carbocycles. The lowest BCUT2D eigenvalue weighted by Crippen LogP contribution is -2.57. The predicted octanol–water partition coefficient (Wildman–Crippen LogP) is 1.67. The number of nitrogens with one attached hydrogen (secondary N) is 1. The summed E-state index contributed by atoms with van der Waals surface area (Å²) >= 11 is 0. The van der Waals surface area contributed by atoms with E-state index >= 15 is 0 Å². The number of hydrogen-bond acceptors (Lipinski definition) is 3. The molecule has 0 aromatic carbocycles. The zero-order chi connectivity index (χ0) is 14.5. The Kier molecular flexibility index (Phi) is 5.23. The highest BCUT2D eigenvalue weighted by Gasteiger charge is 2.36. The molecule has 2 rings (SSSR count). The summed E-state index contributed by atoms with van der Waals surface area (Å²) < 4.78 is 0. The number of hydrogen-bond donors (Lipinski definition) is 2. The average Bonchev–Trinajstić information content (AvgIpc) is 2.47. The number of likely N-dealkylation sites (tertiary alicyclic amines) is 1. The summed E-state index contributed by atoms with van der Waals surface area (Å²) in [6.45, 7) is 4.33. The van der Waals surface area contributed by atoms with Crippen LogP contribution in [-0.4, -0.2) is 52.7 Å². The van der Waals surface area contributed by atoms with Crippen LogP contribution in [0.15, 0.2) is 0 Å². The molecule has 2 unspecified atom stereocenters. The third kappa shape index (κ3) is 3.62. The van der Waals surface area contributed by atoms with Crippen LogP contribution >= 0.6 is 0 Å². The second-order valence-electron chi connectivity index (χ2n) is 5.81. The summed E-state index contributed by atoms with van der Waals surface area (Å²) in [4.78, 5) is 25.2. The van der Waals surface area contributed by atoms with Gasteiger partial charge in [-0.2, -0.15) is 0 Å². The van der Waals surface area contributed by atoms with Gasteiger partial charge in [0.15, 0.2) is 0 Å². The molecule has 2 atom stereocenters. The molecule has 2 aliphatic rings. The first-order valence-electron chi connectivity index (χ1n) is 7.66. The maximum Gasteiger partial charge on any atom is 0.332 e. The van der Waals surface area contributed by atoms with Gasteiger partial charge >= 0.3 is 12.0 Å². The fourth-order valence-corrected chi connectivity index (χ4v) is 3.09. The summed E-state index contributed by atoms with van der Waals surface area (Å²) in [6.07, 6.45) is 5.81. The second kappa shape index (κ2) is 6.92. The first kappa shape index (κ1) is 15.1. The third-order valence-corrected chi connectivity index (χ3v) is 4.44. The van der Waals surface area contributed by atoms with Gasteiger partial charge in [0.25, 0.3) is 0 Å². The maximum absolute atomic E-state index is 12.3. The highest BCUT2D eigenvalue weighted by molar-refractivity contribution is 5.82. The first-order chi connectivity index (χ1) is 9.61. The van der Waals surface area contributed by atoms with Gasteiger partial charge in [0.2, 0.25) is 0 Å². The van der Waals surface area contributed by atoms with Crippen LogP contribution in [0, 0.1) is 5.92 Å². The molecule has 2 aliphatic heterocycles. The molecule has 0 bridgehead atoms. The number of rotatable bonds is 3. The molecule has 2 N–H and O–H groups in total. The van der Waals surface area contributed by atoms with Crippen molar-refractivity contribution in [1.82, 2.24) is 15.3 Å². The predicted molar refractivity (Wildman–Crippen MR) is 75.1 cm³/mol. The van der Waals surface area contributed by atoms with E-state index in [-0.39, 0.29) is 6.03 Å². The van der Waals surface area contributed by atoms with Gasteiger partial charge in [-0.25, -0.2) is 14.6 Å². The van der Waals surface area contributed by atoms with Gasteiger partial charge in [-0.15, -0.1) is 0 Å². The monoisotopic (exact) mass is 283 g/mol. The number of carbonyl (C=O) groups excluding carboxylic acids is 1. The van der Waals surface area contributed by atoms with Crippen molar-refractivity contribution in [3.05, 3.63) is 0 Å². The summed E-state index contributed by atoms with van der Waals surface area (Å²) in [5, 5.41) is 11.3. The van der Waals surface area contributed by atoms with Crippen molar-refractivity contribution in [2.24, 2.45) is 5.92 Å². The van der Waals surface area contributed by atoms with Crippen molar-refractivity contribution in [3.8, 4) is 0 Å². The van der Waals surface area contributed by atoms with Gasteiger partial charge < -0.3 is 10.0 Å². The van der Waals surface area contributed by atoms with E-state index < -0.39 is 12.0 Å². The molecular weight excluding hydrogens is 258 g/mol. The smallest absolute Gasteiger partial charge is 0.332 e. The number of urea groups is 1. The Bertz CT molecular complexity index is 356. The summed E-state index contributed by atoms with van der Waals surface area (Å²) in [5.41, 5.74) is 2.86. The van der Waals surface area contributed by atoms with Gasteiger partial charge in [0.05, 0.1) is 0 Å². The van der Waals surface area contributed by atoms with Crippen LogP contribution in [0.2, 0.25) is 0 Å². The molecule has 2 saturated heterocycles. The first-order valence-corrected chi connectivity index (χ1v) is 7.66. The lowest BCUT2D eigenvalue weighted by molar-refractivity contribution is -0.144. The summed E-state index contributed by atoms with van der Waals surface area (Å²) in [6, 6.07) is -0.938. The van der Waals surface area contributed by atoms with E-state index in [1.165, 1.54) is 11.3 Å². The fourth-order valence-electron chi connectivity index (χ4n) is 3.09. The van der Waals surface area contributed by atoms with Gasteiger partial charge in [-0.3, -0.25) is 5.43 Å². The van der Waals surface area contributed by atoms with Gasteiger partial charge in [-0.05, 0) is 31.6 Å². The van der Waals surface area contributed by atoms with Crippen molar-refractivity contribution in [1.29, 1.82) is 0 Å².